The van der Waals surface area contributed by atoms with Crippen LogP contribution in [-0.4, -0.2) is 51.9 Å². The van der Waals surface area contributed by atoms with Crippen molar-refractivity contribution in [2.45, 2.75) is 0 Å². The highest BCUT2D eigenvalue weighted by molar-refractivity contribution is 7.22. The van der Waals surface area contributed by atoms with Crippen molar-refractivity contribution in [1.82, 2.24) is 14.9 Å². The number of anilines is 1. The molecule has 8 nitrogen and oxygen atoms in total. The minimum Gasteiger partial charge on any atom is -0.345 e. The summed E-state index contributed by atoms with van der Waals surface area (Å²) in [6.07, 6.45) is 0. The number of non-ortho nitro benzene ring substituents is 1. The molecule has 5 rings (SSSR count). The summed E-state index contributed by atoms with van der Waals surface area (Å²) in [4.78, 5) is 36.3. The zero-order valence-corrected chi connectivity index (χ0v) is 16.8. The standard InChI is InChI=1S/C19H15N5O3S2/c25-18(12-1-3-14-16(9-12)28-11-20-14)22-5-7-23(8-6-22)19-21-15-4-2-13(24(26)27)10-17(15)29-19/h1-4,9-11H,5-8H2. The molecular formula is C19H15N5O3S2. The monoisotopic (exact) mass is 425 g/mol. The molecule has 0 saturated carbocycles. The van der Waals surface area contributed by atoms with E-state index in [2.05, 4.69) is 14.9 Å². The zero-order valence-electron chi connectivity index (χ0n) is 15.1. The number of hydrogen-bond donors (Lipinski definition) is 0. The number of carbonyl (C=O) groups is 1. The minimum atomic E-state index is -0.396. The molecule has 2 aromatic heterocycles. The molecule has 0 bridgehead atoms. The summed E-state index contributed by atoms with van der Waals surface area (Å²) >= 11 is 2.97. The molecular weight excluding hydrogens is 410 g/mol. The number of amides is 1. The average molecular weight is 425 g/mol. The number of nitrogens with zero attached hydrogens (tertiary/aromatic N) is 5. The van der Waals surface area contributed by atoms with Gasteiger partial charge in [-0.2, -0.15) is 0 Å². The quantitative estimate of drug-likeness (QED) is 0.366. The van der Waals surface area contributed by atoms with E-state index in [0.29, 0.717) is 31.7 Å². The number of nitro groups is 1. The van der Waals surface area contributed by atoms with Gasteiger partial charge in [-0.1, -0.05) is 11.3 Å². The van der Waals surface area contributed by atoms with Crippen molar-refractivity contribution in [1.29, 1.82) is 0 Å². The van der Waals surface area contributed by atoms with Gasteiger partial charge in [0.25, 0.3) is 11.6 Å². The molecule has 0 radical (unpaired) electrons. The highest BCUT2D eigenvalue weighted by atomic mass is 32.1. The molecule has 4 aromatic rings. The van der Waals surface area contributed by atoms with Crippen molar-refractivity contribution in [3.05, 3.63) is 57.6 Å². The van der Waals surface area contributed by atoms with Gasteiger partial charge in [-0.3, -0.25) is 14.9 Å². The number of thiazole rings is 2. The van der Waals surface area contributed by atoms with Crippen LogP contribution in [0.15, 0.2) is 41.9 Å². The fourth-order valence-corrected chi connectivity index (χ4v) is 5.19. The van der Waals surface area contributed by atoms with Gasteiger partial charge in [0.1, 0.15) is 0 Å². The molecule has 2 aromatic carbocycles. The van der Waals surface area contributed by atoms with Crippen LogP contribution in [0.5, 0.6) is 0 Å². The molecule has 0 N–H and O–H groups in total. The molecule has 10 heteroatoms. The average Bonchev–Trinajstić information content (AvgIpc) is 3.38. The molecule has 146 valence electrons. The van der Waals surface area contributed by atoms with Crippen LogP contribution in [0.1, 0.15) is 10.4 Å². The summed E-state index contributed by atoms with van der Waals surface area (Å²) < 4.78 is 1.81. The second-order valence-electron chi connectivity index (χ2n) is 6.72. The molecule has 3 heterocycles. The van der Waals surface area contributed by atoms with E-state index >= 15 is 0 Å². The zero-order chi connectivity index (χ0) is 20.0. The molecule has 29 heavy (non-hydrogen) atoms. The van der Waals surface area contributed by atoms with Crippen LogP contribution in [0.3, 0.4) is 0 Å². The van der Waals surface area contributed by atoms with Crippen molar-refractivity contribution in [2.24, 2.45) is 0 Å². The van der Waals surface area contributed by atoms with Crippen LogP contribution in [0.2, 0.25) is 0 Å². The van der Waals surface area contributed by atoms with Gasteiger partial charge in [-0.25, -0.2) is 9.97 Å². The van der Waals surface area contributed by atoms with Crippen molar-refractivity contribution in [3.63, 3.8) is 0 Å². The third kappa shape index (κ3) is 3.30. The first-order valence-corrected chi connectivity index (χ1v) is 10.7. The largest absolute Gasteiger partial charge is 0.345 e. The Kier molecular flexibility index (Phi) is 4.36. The maximum Gasteiger partial charge on any atom is 0.270 e. The molecule has 1 aliphatic heterocycles. The lowest BCUT2D eigenvalue weighted by atomic mass is 10.1. The van der Waals surface area contributed by atoms with Crippen LogP contribution < -0.4 is 4.90 Å². The van der Waals surface area contributed by atoms with Gasteiger partial charge < -0.3 is 9.80 Å². The Labute approximate surface area is 173 Å². The van der Waals surface area contributed by atoms with Gasteiger partial charge in [-0.15, -0.1) is 11.3 Å². The summed E-state index contributed by atoms with van der Waals surface area (Å²) in [7, 11) is 0. The van der Waals surface area contributed by atoms with Gasteiger partial charge in [0.05, 0.1) is 30.9 Å². The molecule has 0 unspecified atom stereocenters. The van der Waals surface area contributed by atoms with Crippen LogP contribution in [0.25, 0.3) is 20.4 Å². The molecule has 1 aliphatic rings. The number of rotatable bonds is 3. The van der Waals surface area contributed by atoms with E-state index in [0.717, 1.165) is 25.6 Å². The Morgan fingerprint density at radius 3 is 2.62 bits per heavy atom. The first-order valence-electron chi connectivity index (χ1n) is 9.01. The van der Waals surface area contributed by atoms with Crippen LogP contribution in [-0.2, 0) is 0 Å². The fraction of sp³-hybridized carbons (Fsp3) is 0.211. The van der Waals surface area contributed by atoms with Crippen molar-refractivity contribution in [2.75, 3.05) is 31.1 Å². The number of fused-ring (bicyclic) bond motifs is 2. The van der Waals surface area contributed by atoms with Gasteiger partial charge in [0, 0.05) is 43.9 Å². The first kappa shape index (κ1) is 18.0. The lowest BCUT2D eigenvalue weighted by molar-refractivity contribution is -0.384. The van der Waals surface area contributed by atoms with Crippen molar-refractivity contribution >= 4 is 59.8 Å². The van der Waals surface area contributed by atoms with Crippen molar-refractivity contribution in [3.8, 4) is 0 Å². The highest BCUT2D eigenvalue weighted by Crippen LogP contribution is 2.32. The predicted molar refractivity (Wildman–Crippen MR) is 114 cm³/mol. The molecule has 1 amide bonds. The molecule has 1 fully saturated rings. The summed E-state index contributed by atoms with van der Waals surface area (Å²) in [6.45, 7) is 2.57. The number of piperazine rings is 1. The van der Waals surface area contributed by atoms with E-state index in [1.54, 1.807) is 17.6 Å². The van der Waals surface area contributed by atoms with Gasteiger partial charge in [-0.05, 0) is 24.3 Å². The number of nitro benzene ring substituents is 1. The third-order valence-corrected chi connectivity index (χ3v) is 6.86. The smallest absolute Gasteiger partial charge is 0.270 e. The molecule has 1 saturated heterocycles. The van der Waals surface area contributed by atoms with Crippen LogP contribution in [0.4, 0.5) is 10.8 Å². The summed E-state index contributed by atoms with van der Waals surface area (Å²) in [5.41, 5.74) is 4.20. The number of carbonyl (C=O) groups excluding carboxylic acids is 1. The van der Waals surface area contributed by atoms with E-state index in [9.17, 15) is 14.9 Å². The third-order valence-electron chi connectivity index (χ3n) is 4.99. The molecule has 0 spiro atoms. The normalized spacial score (nSPS) is 14.6. The second kappa shape index (κ2) is 7.05. The van der Waals surface area contributed by atoms with E-state index in [1.165, 1.54) is 28.7 Å². The number of benzene rings is 2. The van der Waals surface area contributed by atoms with E-state index in [4.69, 9.17) is 0 Å². The minimum absolute atomic E-state index is 0.0277. The van der Waals surface area contributed by atoms with E-state index < -0.39 is 4.92 Å². The first-order chi connectivity index (χ1) is 14.1. The Morgan fingerprint density at radius 1 is 1.03 bits per heavy atom. The van der Waals surface area contributed by atoms with Gasteiger partial charge in [0.15, 0.2) is 5.13 Å². The Balaban J connectivity index is 1.30. The fourth-order valence-electron chi connectivity index (χ4n) is 3.42. The van der Waals surface area contributed by atoms with Gasteiger partial charge >= 0.3 is 0 Å². The summed E-state index contributed by atoms with van der Waals surface area (Å²) in [6, 6.07) is 10.3. The SMILES string of the molecule is O=C(c1ccc2ncsc2c1)N1CCN(c2nc3ccc([N+](=O)[O-])cc3s2)CC1. The lowest BCUT2D eigenvalue weighted by Gasteiger charge is -2.34. The van der Waals surface area contributed by atoms with Crippen molar-refractivity contribution < 1.29 is 9.72 Å². The molecule has 0 atom stereocenters. The van der Waals surface area contributed by atoms with Gasteiger partial charge in [0.2, 0.25) is 0 Å². The maximum absolute atomic E-state index is 12.9. The number of hydrogen-bond acceptors (Lipinski definition) is 8. The Hall–Kier alpha value is -3.11. The van der Waals surface area contributed by atoms with E-state index in [1.807, 2.05) is 23.1 Å². The van der Waals surface area contributed by atoms with E-state index in [-0.39, 0.29) is 11.6 Å². The molecule has 0 aliphatic carbocycles. The summed E-state index contributed by atoms with van der Waals surface area (Å²) in [5, 5.41) is 11.8. The highest BCUT2D eigenvalue weighted by Gasteiger charge is 2.24. The predicted octanol–water partition coefficient (Wildman–Crippen LogP) is 3.78. The summed E-state index contributed by atoms with van der Waals surface area (Å²) in [5.74, 6) is 0.0277. The lowest BCUT2D eigenvalue weighted by Crippen LogP contribution is -2.48. The second-order valence-corrected chi connectivity index (χ2v) is 8.62. The topological polar surface area (TPSA) is 92.5 Å². The Bertz CT molecular complexity index is 1240. The van der Waals surface area contributed by atoms with Crippen LogP contribution >= 0.6 is 22.7 Å². The maximum atomic E-state index is 12.9. The Morgan fingerprint density at radius 2 is 1.83 bits per heavy atom. The number of aromatic nitrogens is 2. The van der Waals surface area contributed by atoms with Crippen LogP contribution in [0, 0.1) is 10.1 Å².